The van der Waals surface area contributed by atoms with Gasteiger partial charge in [-0.05, 0) is 46.7 Å². The lowest BCUT2D eigenvalue weighted by molar-refractivity contribution is 0.285. The van der Waals surface area contributed by atoms with E-state index in [0.717, 1.165) is 19.3 Å². The van der Waals surface area contributed by atoms with Crippen LogP contribution in [0.1, 0.15) is 38.0 Å². The first-order valence-electron chi connectivity index (χ1n) is 6.65. The Balaban J connectivity index is 2.28. The van der Waals surface area contributed by atoms with E-state index in [1.54, 1.807) is 10.4 Å². The monoisotopic (exact) mass is 381 g/mol. The van der Waals surface area contributed by atoms with Crippen molar-refractivity contribution in [1.29, 1.82) is 0 Å². The Labute approximate surface area is 133 Å². The Morgan fingerprint density at radius 3 is 2.70 bits per heavy atom. The molecule has 7 heteroatoms. The number of thiophene rings is 1. The van der Waals surface area contributed by atoms with E-state index in [0.29, 0.717) is 21.8 Å². The highest BCUT2D eigenvalue weighted by molar-refractivity contribution is 9.11. The van der Waals surface area contributed by atoms with Gasteiger partial charge in [-0.2, -0.15) is 4.31 Å². The zero-order valence-corrected chi connectivity index (χ0v) is 14.9. The fourth-order valence-corrected chi connectivity index (χ4v) is 6.40. The number of aliphatic hydroxyl groups is 1. The van der Waals surface area contributed by atoms with Crippen LogP contribution in [0.3, 0.4) is 0 Å². The molecular formula is C13H20BrNO3S2. The van der Waals surface area contributed by atoms with Gasteiger partial charge in [-0.15, -0.1) is 11.3 Å². The van der Waals surface area contributed by atoms with Crippen LogP contribution >= 0.6 is 27.3 Å². The molecular weight excluding hydrogens is 362 g/mol. The molecule has 1 aromatic rings. The van der Waals surface area contributed by atoms with E-state index in [-0.39, 0.29) is 16.9 Å². The highest BCUT2D eigenvalue weighted by atomic mass is 79.9. The fourth-order valence-electron chi connectivity index (χ4n) is 2.43. The largest absolute Gasteiger partial charge is 0.391 e. The van der Waals surface area contributed by atoms with Gasteiger partial charge < -0.3 is 5.11 Å². The maximum atomic E-state index is 12.7. The zero-order valence-electron chi connectivity index (χ0n) is 11.7. The van der Waals surface area contributed by atoms with Crippen LogP contribution in [0.5, 0.6) is 0 Å². The molecule has 0 spiro atoms. The molecule has 0 unspecified atom stereocenters. The first kappa shape index (κ1) is 16.4. The van der Waals surface area contributed by atoms with Gasteiger partial charge in [0, 0.05) is 18.0 Å². The molecule has 0 radical (unpaired) electrons. The van der Waals surface area contributed by atoms with Crippen molar-refractivity contribution >= 4 is 37.3 Å². The van der Waals surface area contributed by atoms with Crippen LogP contribution in [-0.4, -0.2) is 30.9 Å². The molecule has 0 bridgehead atoms. The molecule has 1 N–H and O–H groups in total. The average Bonchev–Trinajstić information content (AvgIpc) is 2.64. The molecule has 1 aliphatic rings. The van der Waals surface area contributed by atoms with E-state index in [1.165, 1.54) is 11.3 Å². The van der Waals surface area contributed by atoms with E-state index >= 15 is 0 Å². The van der Waals surface area contributed by atoms with Crippen molar-refractivity contribution in [3.05, 3.63) is 14.7 Å². The molecule has 20 heavy (non-hydrogen) atoms. The van der Waals surface area contributed by atoms with Gasteiger partial charge >= 0.3 is 0 Å². The molecule has 4 nitrogen and oxygen atoms in total. The normalized spacial score (nSPS) is 20.8. The first-order valence-corrected chi connectivity index (χ1v) is 9.70. The van der Waals surface area contributed by atoms with E-state index < -0.39 is 10.0 Å². The van der Waals surface area contributed by atoms with Gasteiger partial charge in [-0.3, -0.25) is 0 Å². The third-order valence-electron chi connectivity index (χ3n) is 3.78. The highest BCUT2D eigenvalue weighted by Gasteiger charge is 2.32. The summed E-state index contributed by atoms with van der Waals surface area (Å²) in [5, 5.41) is 9.15. The molecule has 1 saturated heterocycles. The maximum Gasteiger partial charge on any atom is 0.245 e. The van der Waals surface area contributed by atoms with Gasteiger partial charge in [-0.25, -0.2) is 8.42 Å². The van der Waals surface area contributed by atoms with Crippen LogP contribution in [0.25, 0.3) is 0 Å². The standard InChI is InChI=1S/C13H20BrNO3S2/c1-13(2)4-3-6-15(7-5-13)20(17,18)11-8-10(9-16)19-12(11)14/h8,16H,3-7,9H2,1-2H3. The number of halogens is 1. The summed E-state index contributed by atoms with van der Waals surface area (Å²) in [4.78, 5) is 0.942. The number of hydrogen-bond acceptors (Lipinski definition) is 4. The van der Waals surface area contributed by atoms with Crippen LogP contribution in [0.4, 0.5) is 0 Å². The molecule has 114 valence electrons. The minimum Gasteiger partial charge on any atom is -0.391 e. The summed E-state index contributed by atoms with van der Waals surface area (Å²) in [5.41, 5.74) is 0.201. The van der Waals surface area contributed by atoms with Crippen LogP contribution in [0, 0.1) is 5.41 Å². The Morgan fingerprint density at radius 2 is 2.10 bits per heavy atom. The molecule has 1 fully saturated rings. The van der Waals surface area contributed by atoms with Gasteiger partial charge in [0.2, 0.25) is 10.0 Å². The average molecular weight is 382 g/mol. The number of rotatable bonds is 3. The molecule has 0 aromatic carbocycles. The van der Waals surface area contributed by atoms with Crippen LogP contribution < -0.4 is 0 Å². The zero-order chi connectivity index (χ0) is 15.0. The van der Waals surface area contributed by atoms with Gasteiger partial charge in [0.15, 0.2) is 0 Å². The van der Waals surface area contributed by atoms with Crippen molar-refractivity contribution in [2.75, 3.05) is 13.1 Å². The summed E-state index contributed by atoms with van der Waals surface area (Å²) in [5.74, 6) is 0. The SMILES string of the molecule is CC1(C)CCCN(S(=O)(=O)c2cc(CO)sc2Br)CC1. The summed E-state index contributed by atoms with van der Waals surface area (Å²) in [6.07, 6.45) is 2.81. The lowest BCUT2D eigenvalue weighted by Crippen LogP contribution is -2.32. The van der Waals surface area contributed by atoms with Gasteiger partial charge in [0.1, 0.15) is 4.90 Å². The van der Waals surface area contributed by atoms with Crippen molar-refractivity contribution < 1.29 is 13.5 Å². The Bertz CT molecular complexity index is 580. The first-order chi connectivity index (χ1) is 9.26. The molecule has 2 rings (SSSR count). The summed E-state index contributed by atoms with van der Waals surface area (Å²) in [7, 11) is -3.47. The van der Waals surface area contributed by atoms with Crippen molar-refractivity contribution in [1.82, 2.24) is 4.31 Å². The molecule has 1 aromatic heterocycles. The fraction of sp³-hybridized carbons (Fsp3) is 0.692. The Hall–Kier alpha value is 0.0500. The smallest absolute Gasteiger partial charge is 0.245 e. The van der Waals surface area contributed by atoms with E-state index in [9.17, 15) is 8.42 Å². The summed E-state index contributed by atoms with van der Waals surface area (Å²) in [6, 6.07) is 1.57. The third kappa shape index (κ3) is 3.44. The minimum atomic E-state index is -3.47. The predicted molar refractivity (Wildman–Crippen MR) is 84.3 cm³/mol. The molecule has 0 saturated carbocycles. The second kappa shape index (κ2) is 6.04. The van der Waals surface area contributed by atoms with Crippen LogP contribution in [-0.2, 0) is 16.6 Å². The number of sulfonamides is 1. The maximum absolute atomic E-state index is 12.7. The predicted octanol–water partition coefficient (Wildman–Crippen LogP) is 3.20. The van der Waals surface area contributed by atoms with Crippen LogP contribution in [0.15, 0.2) is 14.7 Å². The van der Waals surface area contributed by atoms with Crippen LogP contribution in [0.2, 0.25) is 0 Å². The minimum absolute atomic E-state index is 0.133. The molecule has 0 atom stereocenters. The lowest BCUT2D eigenvalue weighted by Gasteiger charge is -2.23. The third-order valence-corrected chi connectivity index (χ3v) is 7.91. The van der Waals surface area contributed by atoms with Crippen molar-refractivity contribution in [3.63, 3.8) is 0 Å². The topological polar surface area (TPSA) is 57.6 Å². The van der Waals surface area contributed by atoms with Crippen molar-refractivity contribution in [3.8, 4) is 0 Å². The highest BCUT2D eigenvalue weighted by Crippen LogP contribution is 2.36. The second-order valence-electron chi connectivity index (χ2n) is 5.93. The molecule has 0 aliphatic carbocycles. The number of aliphatic hydroxyl groups excluding tert-OH is 1. The summed E-state index contributed by atoms with van der Waals surface area (Å²) >= 11 is 4.57. The van der Waals surface area contributed by atoms with E-state index in [4.69, 9.17) is 5.11 Å². The molecule has 2 heterocycles. The van der Waals surface area contributed by atoms with E-state index in [2.05, 4.69) is 29.8 Å². The lowest BCUT2D eigenvalue weighted by atomic mass is 9.85. The number of nitrogens with zero attached hydrogens (tertiary/aromatic N) is 1. The second-order valence-corrected chi connectivity index (χ2v) is 10.3. The quantitative estimate of drug-likeness (QED) is 0.874. The summed E-state index contributed by atoms with van der Waals surface area (Å²) in [6.45, 7) is 5.38. The van der Waals surface area contributed by atoms with Gasteiger partial charge in [0.25, 0.3) is 0 Å². The van der Waals surface area contributed by atoms with Crippen molar-refractivity contribution in [2.45, 2.75) is 44.6 Å². The van der Waals surface area contributed by atoms with Gasteiger partial charge in [-0.1, -0.05) is 13.8 Å². The van der Waals surface area contributed by atoms with Gasteiger partial charge in [0.05, 0.1) is 10.4 Å². The summed E-state index contributed by atoms with van der Waals surface area (Å²) < 4.78 is 27.6. The van der Waals surface area contributed by atoms with E-state index in [1.807, 2.05) is 0 Å². The Kier molecular flexibility index (Phi) is 4.96. The molecule has 0 amide bonds. The van der Waals surface area contributed by atoms with Crippen molar-refractivity contribution in [2.24, 2.45) is 5.41 Å². The molecule has 1 aliphatic heterocycles. The Morgan fingerprint density at radius 1 is 1.40 bits per heavy atom. The number of hydrogen-bond donors (Lipinski definition) is 1.